The zero-order chi connectivity index (χ0) is 32.5. The van der Waals surface area contributed by atoms with Gasteiger partial charge in [-0.15, -0.1) is 0 Å². The summed E-state index contributed by atoms with van der Waals surface area (Å²) in [5.74, 6) is 0. The van der Waals surface area contributed by atoms with Gasteiger partial charge in [-0.2, -0.15) is 10.5 Å². The van der Waals surface area contributed by atoms with Gasteiger partial charge < -0.3 is 0 Å². The summed E-state index contributed by atoms with van der Waals surface area (Å²) in [6.07, 6.45) is 7.67. The van der Waals surface area contributed by atoms with Crippen LogP contribution in [0.25, 0.3) is 39.0 Å². The fraction of sp³-hybridized carbons (Fsp3) is 0.182. The maximum atomic E-state index is 9.34. The first-order chi connectivity index (χ1) is 22.4. The molecule has 0 atom stereocenters. The van der Waals surface area contributed by atoms with E-state index in [1.165, 1.54) is 50.1 Å². The highest BCUT2D eigenvalue weighted by molar-refractivity contribution is 5.74. The molecule has 0 aliphatic heterocycles. The summed E-state index contributed by atoms with van der Waals surface area (Å²) in [7, 11) is 0. The van der Waals surface area contributed by atoms with Crippen molar-refractivity contribution in [3.05, 3.63) is 160 Å². The zero-order valence-corrected chi connectivity index (χ0v) is 27.3. The lowest BCUT2D eigenvalue weighted by Gasteiger charge is -2.11. The predicted octanol–water partition coefficient (Wildman–Crippen LogP) is 11.8. The van der Waals surface area contributed by atoms with Gasteiger partial charge in [-0.3, -0.25) is 0 Å². The Balaban J connectivity index is 1.23. The molecule has 0 saturated carbocycles. The Hall–Kier alpha value is -5.44. The van der Waals surface area contributed by atoms with Crippen molar-refractivity contribution in [2.24, 2.45) is 0 Å². The van der Waals surface area contributed by atoms with Gasteiger partial charge in [-0.25, -0.2) is 0 Å². The van der Waals surface area contributed by atoms with Gasteiger partial charge >= 0.3 is 0 Å². The Kier molecular flexibility index (Phi) is 10.4. The summed E-state index contributed by atoms with van der Waals surface area (Å²) < 4.78 is 0. The molecule has 226 valence electrons. The van der Waals surface area contributed by atoms with Crippen molar-refractivity contribution >= 4 is 5.57 Å². The minimum absolute atomic E-state index is 0.738. The normalized spacial score (nSPS) is 11.6. The van der Waals surface area contributed by atoms with E-state index in [0.717, 1.165) is 53.5 Å². The lowest BCUT2D eigenvalue weighted by molar-refractivity contribution is 0.929. The number of allylic oxidation sites excluding steroid dienone is 4. The van der Waals surface area contributed by atoms with Crippen LogP contribution in [0.3, 0.4) is 0 Å². The molecule has 0 N–H and O–H groups in total. The second-order valence-electron chi connectivity index (χ2n) is 11.8. The first-order valence-electron chi connectivity index (χ1n) is 16.1. The highest BCUT2D eigenvalue weighted by atomic mass is 14.2. The summed E-state index contributed by atoms with van der Waals surface area (Å²) in [5, 5.41) is 18.7. The number of nitrogens with zero attached hydrogens (tertiary/aromatic N) is 2. The summed E-state index contributed by atoms with van der Waals surface area (Å²) in [6.45, 7) is 8.36. The van der Waals surface area contributed by atoms with E-state index >= 15 is 0 Å². The van der Waals surface area contributed by atoms with Crippen molar-refractivity contribution in [3.8, 4) is 45.5 Å². The Morgan fingerprint density at radius 3 is 1.57 bits per heavy atom. The highest BCUT2D eigenvalue weighted by Gasteiger charge is 2.09. The predicted molar refractivity (Wildman–Crippen MR) is 193 cm³/mol. The van der Waals surface area contributed by atoms with Gasteiger partial charge in [0.25, 0.3) is 0 Å². The molecule has 5 aromatic carbocycles. The van der Waals surface area contributed by atoms with Gasteiger partial charge in [-0.05, 0) is 112 Å². The van der Waals surface area contributed by atoms with Crippen molar-refractivity contribution in [1.82, 2.24) is 0 Å². The molecular weight excluding hydrogens is 556 g/mol. The molecule has 0 saturated heterocycles. The van der Waals surface area contributed by atoms with E-state index in [-0.39, 0.29) is 0 Å². The van der Waals surface area contributed by atoms with Crippen LogP contribution in [0, 0.1) is 36.5 Å². The summed E-state index contributed by atoms with van der Waals surface area (Å²) in [4.78, 5) is 0. The monoisotopic (exact) mass is 596 g/mol. The standard InChI is InChI=1S/C44H40N2/c1-5-7-35(29-45)12-13-36(6-2)37-18-20-40(21-19-37)38-14-8-33(9-15-38)28-34-10-16-39(17-11-34)41-22-24-42(25-23-41)44-27-26-43(30-46)31(3)32(44)4/h8-27H,5-7,28H2,1-4H3. The van der Waals surface area contributed by atoms with Crippen molar-refractivity contribution in [1.29, 1.82) is 10.5 Å². The molecule has 0 aromatic heterocycles. The lowest BCUT2D eigenvalue weighted by Crippen LogP contribution is -1.92. The van der Waals surface area contributed by atoms with Crippen LogP contribution in [0.1, 0.15) is 66.5 Å². The third-order valence-electron chi connectivity index (χ3n) is 8.87. The van der Waals surface area contributed by atoms with Gasteiger partial charge in [0.2, 0.25) is 0 Å². The van der Waals surface area contributed by atoms with Crippen molar-refractivity contribution in [2.45, 2.75) is 53.4 Å². The average Bonchev–Trinajstić information content (AvgIpc) is 3.10. The van der Waals surface area contributed by atoms with E-state index in [1.807, 2.05) is 19.1 Å². The molecule has 0 radical (unpaired) electrons. The van der Waals surface area contributed by atoms with Crippen LogP contribution in [-0.2, 0) is 6.42 Å². The Morgan fingerprint density at radius 1 is 0.587 bits per heavy atom. The molecule has 0 spiro atoms. The van der Waals surface area contributed by atoms with Crippen LogP contribution >= 0.6 is 0 Å². The number of rotatable bonds is 10. The Labute approximate surface area is 274 Å². The average molecular weight is 597 g/mol. The maximum absolute atomic E-state index is 9.34. The van der Waals surface area contributed by atoms with Gasteiger partial charge in [0.15, 0.2) is 0 Å². The molecule has 5 aromatic rings. The van der Waals surface area contributed by atoms with Crippen LogP contribution in [0.4, 0.5) is 0 Å². The third-order valence-corrected chi connectivity index (χ3v) is 8.87. The summed E-state index contributed by atoms with van der Waals surface area (Å²) >= 11 is 0. The number of benzene rings is 5. The molecule has 46 heavy (non-hydrogen) atoms. The second-order valence-corrected chi connectivity index (χ2v) is 11.8. The quantitative estimate of drug-likeness (QED) is 0.119. The molecular formula is C44H40N2. The fourth-order valence-corrected chi connectivity index (χ4v) is 5.90. The zero-order valence-electron chi connectivity index (χ0n) is 27.3. The molecule has 0 amide bonds. The van der Waals surface area contributed by atoms with E-state index in [4.69, 9.17) is 0 Å². The van der Waals surface area contributed by atoms with Crippen LogP contribution in [0.5, 0.6) is 0 Å². The molecule has 5 rings (SSSR count). The topological polar surface area (TPSA) is 47.6 Å². The molecule has 0 heterocycles. The highest BCUT2D eigenvalue weighted by Crippen LogP contribution is 2.30. The number of hydrogen-bond donors (Lipinski definition) is 0. The van der Waals surface area contributed by atoms with E-state index < -0.39 is 0 Å². The van der Waals surface area contributed by atoms with E-state index in [2.05, 4.69) is 142 Å². The maximum Gasteiger partial charge on any atom is 0.0994 e. The van der Waals surface area contributed by atoms with Crippen LogP contribution in [0.15, 0.2) is 127 Å². The molecule has 0 bridgehead atoms. The van der Waals surface area contributed by atoms with Crippen LogP contribution in [0.2, 0.25) is 0 Å². The molecule has 2 nitrogen and oxygen atoms in total. The van der Waals surface area contributed by atoms with Gasteiger partial charge in [0, 0.05) is 5.57 Å². The Bertz CT molecular complexity index is 1940. The molecule has 0 aliphatic rings. The van der Waals surface area contributed by atoms with Crippen molar-refractivity contribution in [3.63, 3.8) is 0 Å². The number of hydrogen-bond acceptors (Lipinski definition) is 2. The van der Waals surface area contributed by atoms with E-state index in [1.54, 1.807) is 0 Å². The minimum atomic E-state index is 0.738. The molecule has 0 aliphatic carbocycles. The van der Waals surface area contributed by atoms with Gasteiger partial charge in [0.1, 0.15) is 0 Å². The minimum Gasteiger partial charge on any atom is -0.193 e. The molecule has 0 fully saturated rings. The van der Waals surface area contributed by atoms with Crippen LogP contribution < -0.4 is 0 Å². The summed E-state index contributed by atoms with van der Waals surface area (Å²) in [5.41, 5.74) is 15.9. The fourth-order valence-electron chi connectivity index (χ4n) is 5.90. The second kappa shape index (κ2) is 15.0. The van der Waals surface area contributed by atoms with E-state index in [9.17, 15) is 10.5 Å². The molecule has 0 unspecified atom stereocenters. The van der Waals surface area contributed by atoms with Gasteiger partial charge in [0.05, 0.1) is 17.7 Å². The summed E-state index contributed by atoms with van der Waals surface area (Å²) in [6, 6.07) is 43.7. The number of nitriles is 2. The smallest absolute Gasteiger partial charge is 0.0994 e. The largest absolute Gasteiger partial charge is 0.193 e. The molecule has 2 heteroatoms. The SMILES string of the molecule is CCCC(C#N)=CC=C(CC)c1ccc(-c2ccc(Cc3ccc(-c4ccc(-c5ccc(C#N)c(C)c5C)cc4)cc3)cc2)cc1. The Morgan fingerprint density at radius 2 is 1.09 bits per heavy atom. The first kappa shape index (κ1) is 32.0. The first-order valence-corrected chi connectivity index (χ1v) is 16.1. The lowest BCUT2D eigenvalue weighted by atomic mass is 9.92. The van der Waals surface area contributed by atoms with Crippen molar-refractivity contribution < 1.29 is 0 Å². The van der Waals surface area contributed by atoms with E-state index in [0.29, 0.717) is 0 Å². The van der Waals surface area contributed by atoms with Crippen molar-refractivity contribution in [2.75, 3.05) is 0 Å². The third kappa shape index (κ3) is 7.43. The van der Waals surface area contributed by atoms with Crippen LogP contribution in [-0.4, -0.2) is 0 Å². The van der Waals surface area contributed by atoms with Gasteiger partial charge in [-0.1, -0.05) is 129 Å².